The molecule has 0 saturated carbocycles. The lowest BCUT2D eigenvalue weighted by molar-refractivity contribution is 0.112. The molecule has 4 nitrogen and oxygen atoms in total. The van der Waals surface area contributed by atoms with Crippen molar-refractivity contribution < 1.29 is 4.79 Å². The molecular formula is C8H7N3O. The summed E-state index contributed by atoms with van der Waals surface area (Å²) in [6.07, 6.45) is 3.99. The third-order valence-electron chi connectivity index (χ3n) is 1.76. The molecule has 2 aromatic heterocycles. The summed E-state index contributed by atoms with van der Waals surface area (Å²) in [4.78, 5) is 14.5. The number of rotatable bonds is 1. The predicted octanol–water partition coefficient (Wildman–Crippen LogP) is 0.781. The highest BCUT2D eigenvalue weighted by Gasteiger charge is 2.00. The fourth-order valence-electron chi connectivity index (χ4n) is 1.11. The van der Waals surface area contributed by atoms with Gasteiger partial charge in [0.2, 0.25) is 0 Å². The fourth-order valence-corrected chi connectivity index (χ4v) is 1.11. The molecule has 0 bridgehead atoms. The molecule has 2 aromatic rings. The van der Waals surface area contributed by atoms with Gasteiger partial charge in [-0.3, -0.25) is 14.5 Å². The van der Waals surface area contributed by atoms with Crippen molar-refractivity contribution in [1.82, 2.24) is 14.8 Å². The molecule has 0 radical (unpaired) electrons. The highest BCUT2D eigenvalue weighted by Crippen LogP contribution is 2.09. The molecule has 4 heteroatoms. The molecule has 60 valence electrons. The Morgan fingerprint density at radius 1 is 1.50 bits per heavy atom. The second-order valence-electron chi connectivity index (χ2n) is 2.56. The molecule has 0 spiro atoms. The highest BCUT2D eigenvalue weighted by atomic mass is 16.1. The number of hydrogen-bond donors (Lipinski definition) is 0. The third-order valence-corrected chi connectivity index (χ3v) is 1.76. The van der Waals surface area contributed by atoms with Crippen LogP contribution >= 0.6 is 0 Å². The monoisotopic (exact) mass is 161 g/mol. The summed E-state index contributed by atoms with van der Waals surface area (Å²) < 4.78 is 1.69. The van der Waals surface area contributed by atoms with Crippen LogP contribution in [0.15, 0.2) is 18.5 Å². The Kier molecular flexibility index (Phi) is 1.40. The first-order valence-electron chi connectivity index (χ1n) is 3.54. The topological polar surface area (TPSA) is 47.8 Å². The zero-order valence-corrected chi connectivity index (χ0v) is 6.56. The first-order chi connectivity index (χ1) is 5.81. The van der Waals surface area contributed by atoms with Gasteiger partial charge < -0.3 is 0 Å². The van der Waals surface area contributed by atoms with E-state index in [1.165, 1.54) is 6.20 Å². The lowest BCUT2D eigenvalue weighted by Gasteiger charge is -1.93. The normalized spacial score (nSPS) is 10.4. The minimum absolute atomic E-state index is 0.575. The summed E-state index contributed by atoms with van der Waals surface area (Å²) in [7, 11) is 1.82. The first kappa shape index (κ1) is 6.97. The summed E-state index contributed by atoms with van der Waals surface area (Å²) in [6.45, 7) is 0. The van der Waals surface area contributed by atoms with Crippen LogP contribution in [0.25, 0.3) is 11.0 Å². The van der Waals surface area contributed by atoms with Gasteiger partial charge in [0.05, 0.1) is 11.7 Å². The molecule has 0 fully saturated rings. The van der Waals surface area contributed by atoms with E-state index in [4.69, 9.17) is 0 Å². The van der Waals surface area contributed by atoms with Gasteiger partial charge in [-0.1, -0.05) is 0 Å². The molecule has 0 atom stereocenters. The SMILES string of the molecule is Cn1ncc2ncc(C=O)cc21. The Hall–Kier alpha value is -1.71. The van der Waals surface area contributed by atoms with Crippen molar-refractivity contribution in [3.05, 3.63) is 24.0 Å². The van der Waals surface area contributed by atoms with Crippen LogP contribution in [0.3, 0.4) is 0 Å². The van der Waals surface area contributed by atoms with E-state index in [1.807, 2.05) is 7.05 Å². The van der Waals surface area contributed by atoms with E-state index >= 15 is 0 Å². The van der Waals surface area contributed by atoms with Gasteiger partial charge in [0, 0.05) is 18.8 Å². The van der Waals surface area contributed by atoms with E-state index in [0.717, 1.165) is 17.3 Å². The van der Waals surface area contributed by atoms with Crippen molar-refractivity contribution >= 4 is 17.3 Å². The Morgan fingerprint density at radius 3 is 3.08 bits per heavy atom. The van der Waals surface area contributed by atoms with Crippen LogP contribution < -0.4 is 0 Å². The average Bonchev–Trinajstić information content (AvgIpc) is 2.47. The predicted molar refractivity (Wildman–Crippen MR) is 43.9 cm³/mol. The summed E-state index contributed by atoms with van der Waals surface area (Å²) in [5, 5.41) is 4.01. The molecule has 0 aliphatic carbocycles. The fraction of sp³-hybridized carbons (Fsp3) is 0.125. The maximum Gasteiger partial charge on any atom is 0.151 e. The largest absolute Gasteiger partial charge is 0.298 e. The van der Waals surface area contributed by atoms with Gasteiger partial charge in [0.15, 0.2) is 6.29 Å². The minimum Gasteiger partial charge on any atom is -0.298 e. The van der Waals surface area contributed by atoms with Crippen molar-refractivity contribution in [2.24, 2.45) is 7.05 Å². The summed E-state index contributed by atoms with van der Waals surface area (Å²) in [5.74, 6) is 0. The standard InChI is InChI=1S/C8H7N3O/c1-11-8-2-6(5-12)3-9-7(8)4-10-11/h2-5H,1H3. The van der Waals surface area contributed by atoms with Gasteiger partial charge in [-0.05, 0) is 6.07 Å². The van der Waals surface area contributed by atoms with Crippen molar-refractivity contribution in [2.75, 3.05) is 0 Å². The smallest absolute Gasteiger partial charge is 0.151 e. The van der Waals surface area contributed by atoms with Crippen LogP contribution in [-0.4, -0.2) is 21.1 Å². The summed E-state index contributed by atoms with van der Waals surface area (Å²) >= 11 is 0. The first-order valence-corrected chi connectivity index (χ1v) is 3.54. The molecule has 0 N–H and O–H groups in total. The maximum absolute atomic E-state index is 10.4. The van der Waals surface area contributed by atoms with E-state index in [1.54, 1.807) is 16.9 Å². The molecule has 12 heavy (non-hydrogen) atoms. The van der Waals surface area contributed by atoms with Crippen molar-refractivity contribution in [3.63, 3.8) is 0 Å². The average molecular weight is 161 g/mol. The number of hydrogen-bond acceptors (Lipinski definition) is 3. The van der Waals surface area contributed by atoms with Crippen molar-refractivity contribution in [2.45, 2.75) is 0 Å². The number of fused-ring (bicyclic) bond motifs is 1. The highest BCUT2D eigenvalue weighted by molar-refractivity contribution is 5.83. The molecule has 0 amide bonds. The minimum atomic E-state index is 0.575. The van der Waals surface area contributed by atoms with Gasteiger partial charge in [-0.2, -0.15) is 5.10 Å². The molecular weight excluding hydrogens is 154 g/mol. The van der Waals surface area contributed by atoms with Crippen LogP contribution in [0, 0.1) is 0 Å². The summed E-state index contributed by atoms with van der Waals surface area (Å²) in [5.41, 5.74) is 2.26. The molecule has 0 saturated heterocycles. The summed E-state index contributed by atoms with van der Waals surface area (Å²) in [6, 6.07) is 1.77. The lowest BCUT2D eigenvalue weighted by Crippen LogP contribution is -1.90. The van der Waals surface area contributed by atoms with E-state index in [0.29, 0.717) is 5.56 Å². The van der Waals surface area contributed by atoms with Crippen molar-refractivity contribution in [3.8, 4) is 0 Å². The number of carbonyl (C=O) groups is 1. The quantitative estimate of drug-likeness (QED) is 0.580. The second kappa shape index (κ2) is 2.41. The molecule has 2 heterocycles. The van der Waals surface area contributed by atoms with Crippen LogP contribution in [0.4, 0.5) is 0 Å². The third kappa shape index (κ3) is 0.887. The lowest BCUT2D eigenvalue weighted by atomic mass is 10.3. The zero-order chi connectivity index (χ0) is 8.55. The number of aldehydes is 1. The van der Waals surface area contributed by atoms with Gasteiger partial charge in [0.1, 0.15) is 5.52 Å². The molecule has 0 aliphatic heterocycles. The Bertz CT molecular complexity index is 433. The van der Waals surface area contributed by atoms with E-state index in [2.05, 4.69) is 10.1 Å². The molecule has 0 aliphatic rings. The van der Waals surface area contributed by atoms with Crippen LogP contribution in [0.1, 0.15) is 10.4 Å². The number of carbonyl (C=O) groups excluding carboxylic acids is 1. The number of nitrogens with zero attached hydrogens (tertiary/aromatic N) is 3. The van der Waals surface area contributed by atoms with Gasteiger partial charge >= 0.3 is 0 Å². The van der Waals surface area contributed by atoms with Crippen LogP contribution in [0.5, 0.6) is 0 Å². The van der Waals surface area contributed by atoms with Crippen molar-refractivity contribution in [1.29, 1.82) is 0 Å². The molecule has 2 rings (SSSR count). The van der Waals surface area contributed by atoms with Gasteiger partial charge in [0.25, 0.3) is 0 Å². The number of aryl methyl sites for hydroxylation is 1. The van der Waals surface area contributed by atoms with E-state index in [-0.39, 0.29) is 0 Å². The van der Waals surface area contributed by atoms with Crippen LogP contribution in [0.2, 0.25) is 0 Å². The van der Waals surface area contributed by atoms with E-state index in [9.17, 15) is 4.79 Å². The number of aromatic nitrogens is 3. The molecule has 0 unspecified atom stereocenters. The van der Waals surface area contributed by atoms with Crippen LogP contribution in [-0.2, 0) is 7.05 Å². The van der Waals surface area contributed by atoms with Gasteiger partial charge in [-0.25, -0.2) is 0 Å². The zero-order valence-electron chi connectivity index (χ0n) is 6.56. The number of pyridine rings is 1. The van der Waals surface area contributed by atoms with Gasteiger partial charge in [-0.15, -0.1) is 0 Å². The Morgan fingerprint density at radius 2 is 2.33 bits per heavy atom. The van der Waals surface area contributed by atoms with E-state index < -0.39 is 0 Å². The second-order valence-corrected chi connectivity index (χ2v) is 2.56. The Labute approximate surface area is 68.8 Å². The molecule has 0 aromatic carbocycles. The Balaban J connectivity index is 2.79. The maximum atomic E-state index is 10.4.